The van der Waals surface area contributed by atoms with E-state index in [0.29, 0.717) is 5.82 Å². The van der Waals surface area contributed by atoms with Crippen LogP contribution in [0.5, 0.6) is 0 Å². The molecule has 19 heavy (non-hydrogen) atoms. The van der Waals surface area contributed by atoms with Crippen LogP contribution < -0.4 is 16.4 Å². The van der Waals surface area contributed by atoms with Crippen molar-refractivity contribution in [3.05, 3.63) is 54.4 Å². The zero-order valence-corrected chi connectivity index (χ0v) is 9.92. The highest BCUT2D eigenvalue weighted by molar-refractivity contribution is 6.20. The number of hydrogen-bond acceptors (Lipinski definition) is 5. The van der Waals surface area contributed by atoms with Gasteiger partial charge in [-0.05, 0) is 18.2 Å². The van der Waals surface area contributed by atoms with Crippen molar-refractivity contribution >= 4 is 22.9 Å². The molecule has 3 rings (SSSR count). The second-order valence-corrected chi connectivity index (χ2v) is 3.98. The monoisotopic (exact) mass is 253 g/mol. The molecule has 6 nitrogen and oxygen atoms in total. The van der Waals surface area contributed by atoms with Crippen LogP contribution >= 0.6 is 0 Å². The molecule has 1 aromatic heterocycles. The average Bonchev–Trinajstić information content (AvgIpc) is 2.82. The third kappa shape index (κ3) is 1.99. The Morgan fingerprint density at radius 2 is 1.58 bits per heavy atom. The van der Waals surface area contributed by atoms with Crippen molar-refractivity contribution < 1.29 is 4.79 Å². The smallest absolute Gasteiger partial charge is 0.256 e. The minimum atomic E-state index is -0.589. The number of fused-ring (bicyclic) bond motifs is 1. The minimum Gasteiger partial charge on any atom is -0.365 e. The lowest BCUT2D eigenvalue weighted by atomic mass is 10.2. The lowest BCUT2D eigenvalue weighted by Gasteiger charge is -2.07. The van der Waals surface area contributed by atoms with Gasteiger partial charge in [-0.15, -0.1) is 0 Å². The van der Waals surface area contributed by atoms with Gasteiger partial charge in [-0.25, -0.2) is 9.97 Å². The zero-order valence-electron chi connectivity index (χ0n) is 9.92. The zero-order chi connectivity index (χ0) is 13.2. The van der Waals surface area contributed by atoms with Gasteiger partial charge in [0.25, 0.3) is 5.91 Å². The molecule has 0 saturated heterocycles. The number of hydrogen-bond donors (Lipinski definition) is 3. The Morgan fingerprint density at radius 1 is 1.00 bits per heavy atom. The summed E-state index contributed by atoms with van der Waals surface area (Å²) in [5.41, 5.74) is 7.42. The van der Waals surface area contributed by atoms with Crippen LogP contribution in [0.2, 0.25) is 0 Å². The molecule has 1 aromatic carbocycles. The van der Waals surface area contributed by atoms with Crippen molar-refractivity contribution in [2.24, 2.45) is 5.73 Å². The summed E-state index contributed by atoms with van der Waals surface area (Å²) in [6.45, 7) is 0. The Balaban J connectivity index is 2.08. The van der Waals surface area contributed by atoms with E-state index in [9.17, 15) is 4.79 Å². The van der Waals surface area contributed by atoms with Crippen molar-refractivity contribution in [1.29, 1.82) is 0 Å². The molecule has 0 spiro atoms. The molecule has 1 aliphatic heterocycles. The Bertz CT molecular complexity index is 639. The third-order valence-corrected chi connectivity index (χ3v) is 2.73. The molecule has 0 fully saturated rings. The topological polar surface area (TPSA) is 92.9 Å². The van der Waals surface area contributed by atoms with Crippen LogP contribution in [0.4, 0.5) is 11.4 Å². The largest absolute Gasteiger partial charge is 0.365 e. The summed E-state index contributed by atoms with van der Waals surface area (Å²) < 4.78 is 0. The van der Waals surface area contributed by atoms with E-state index in [2.05, 4.69) is 20.6 Å². The molecule has 0 saturated carbocycles. The summed E-state index contributed by atoms with van der Waals surface area (Å²) in [6, 6.07) is 9.29. The van der Waals surface area contributed by atoms with Crippen molar-refractivity contribution in [3.63, 3.8) is 0 Å². The number of carbonyl (C=O) groups excluding carboxylic acids is 1. The molecule has 0 bridgehead atoms. The fraction of sp³-hybridized carbons (Fsp3) is 0. The fourth-order valence-electron chi connectivity index (χ4n) is 1.90. The normalized spacial score (nSPS) is 12.3. The Morgan fingerprint density at radius 3 is 2.11 bits per heavy atom. The van der Waals surface area contributed by atoms with E-state index in [1.807, 2.05) is 24.3 Å². The van der Waals surface area contributed by atoms with Gasteiger partial charge < -0.3 is 16.4 Å². The molecule has 0 radical (unpaired) electrons. The van der Waals surface area contributed by atoms with Gasteiger partial charge in [0, 0.05) is 12.4 Å². The maximum Gasteiger partial charge on any atom is 0.256 e. The molecule has 0 aliphatic carbocycles. The van der Waals surface area contributed by atoms with Crippen molar-refractivity contribution in [3.8, 4) is 0 Å². The first kappa shape index (κ1) is 11.2. The number of benzene rings is 1. The summed E-state index contributed by atoms with van der Waals surface area (Å²) in [4.78, 5) is 19.8. The molecular formula is C13H11N5O. The van der Waals surface area contributed by atoms with Crippen LogP contribution in [-0.4, -0.2) is 15.9 Å². The van der Waals surface area contributed by atoms with Gasteiger partial charge in [-0.2, -0.15) is 0 Å². The van der Waals surface area contributed by atoms with Gasteiger partial charge >= 0.3 is 0 Å². The molecular weight excluding hydrogens is 242 g/mol. The number of carbonyl (C=O) groups is 1. The molecule has 6 heteroatoms. The fourth-order valence-corrected chi connectivity index (χ4v) is 1.90. The lowest BCUT2D eigenvalue weighted by molar-refractivity contribution is -0.112. The first-order valence-electron chi connectivity index (χ1n) is 5.70. The summed E-state index contributed by atoms with van der Waals surface area (Å²) in [6.07, 6.45) is 3.13. The van der Waals surface area contributed by atoms with Gasteiger partial charge in [0.2, 0.25) is 0 Å². The van der Waals surface area contributed by atoms with E-state index in [1.165, 1.54) is 0 Å². The number of anilines is 2. The maximum atomic E-state index is 11.6. The minimum absolute atomic E-state index is 0.233. The molecule has 0 atom stereocenters. The highest BCUT2D eigenvalue weighted by Gasteiger charge is 2.23. The van der Waals surface area contributed by atoms with E-state index in [1.54, 1.807) is 18.5 Å². The predicted molar refractivity (Wildman–Crippen MR) is 71.8 cm³/mol. The van der Waals surface area contributed by atoms with E-state index < -0.39 is 5.91 Å². The Kier molecular flexibility index (Phi) is 2.60. The molecule has 94 valence electrons. The molecule has 1 aliphatic rings. The number of nitrogens with two attached hydrogens (primary N) is 1. The number of rotatable bonds is 2. The van der Waals surface area contributed by atoms with Crippen LogP contribution in [0, 0.1) is 0 Å². The molecule has 0 unspecified atom stereocenters. The first-order chi connectivity index (χ1) is 9.25. The molecule has 1 amide bonds. The van der Waals surface area contributed by atoms with E-state index in [-0.39, 0.29) is 11.4 Å². The van der Waals surface area contributed by atoms with Crippen LogP contribution in [0.25, 0.3) is 5.57 Å². The van der Waals surface area contributed by atoms with Gasteiger partial charge in [0.1, 0.15) is 11.4 Å². The second kappa shape index (κ2) is 4.41. The van der Waals surface area contributed by atoms with Crippen molar-refractivity contribution in [1.82, 2.24) is 9.97 Å². The number of nitrogens with zero attached hydrogens (tertiary/aromatic N) is 2. The predicted octanol–water partition coefficient (Wildman–Crippen LogP) is 1.17. The Hall–Kier alpha value is -2.89. The van der Waals surface area contributed by atoms with Gasteiger partial charge in [-0.1, -0.05) is 12.1 Å². The van der Waals surface area contributed by atoms with Crippen molar-refractivity contribution in [2.75, 3.05) is 10.6 Å². The quantitative estimate of drug-likeness (QED) is 0.698. The van der Waals surface area contributed by atoms with Crippen LogP contribution in [0.3, 0.4) is 0 Å². The maximum absolute atomic E-state index is 11.6. The van der Waals surface area contributed by atoms with E-state index >= 15 is 0 Å². The van der Waals surface area contributed by atoms with Gasteiger partial charge in [0.15, 0.2) is 5.82 Å². The molecule has 2 heterocycles. The number of amides is 1. The SMILES string of the molecule is NC(=O)C(=C1Nc2ccccc2N1)c1ncccn1. The average molecular weight is 253 g/mol. The summed E-state index contributed by atoms with van der Waals surface area (Å²) in [5.74, 6) is 0.201. The summed E-state index contributed by atoms with van der Waals surface area (Å²) in [5, 5.41) is 6.20. The van der Waals surface area contributed by atoms with Gasteiger partial charge in [-0.3, -0.25) is 4.79 Å². The van der Waals surface area contributed by atoms with E-state index in [0.717, 1.165) is 11.4 Å². The Labute approximate surface area is 109 Å². The highest BCUT2D eigenvalue weighted by Crippen LogP contribution is 2.32. The number of primary amides is 1. The molecule has 2 aromatic rings. The lowest BCUT2D eigenvalue weighted by Crippen LogP contribution is -2.20. The van der Waals surface area contributed by atoms with Crippen LogP contribution in [0.15, 0.2) is 48.5 Å². The highest BCUT2D eigenvalue weighted by atomic mass is 16.1. The van der Waals surface area contributed by atoms with Gasteiger partial charge in [0.05, 0.1) is 11.4 Å². The van der Waals surface area contributed by atoms with Crippen molar-refractivity contribution in [2.45, 2.75) is 0 Å². The van der Waals surface area contributed by atoms with Crippen LogP contribution in [-0.2, 0) is 4.79 Å². The second-order valence-electron chi connectivity index (χ2n) is 3.98. The summed E-state index contributed by atoms with van der Waals surface area (Å²) >= 11 is 0. The molecule has 4 N–H and O–H groups in total. The number of nitrogens with one attached hydrogen (secondary N) is 2. The third-order valence-electron chi connectivity index (χ3n) is 2.73. The standard InChI is InChI=1S/C13H11N5O/c14-11(19)10(12-15-6-3-7-16-12)13-17-8-4-1-2-5-9(8)18-13/h1-7,17-18H,(H2,14,19). The first-order valence-corrected chi connectivity index (χ1v) is 5.70. The number of aromatic nitrogens is 2. The van der Waals surface area contributed by atoms with Crippen LogP contribution in [0.1, 0.15) is 5.82 Å². The van der Waals surface area contributed by atoms with E-state index in [4.69, 9.17) is 5.73 Å². The number of para-hydroxylation sites is 2. The summed E-state index contributed by atoms with van der Waals surface area (Å²) in [7, 11) is 0.